The van der Waals surface area contributed by atoms with Gasteiger partial charge in [0, 0.05) is 5.54 Å². The van der Waals surface area contributed by atoms with Gasteiger partial charge in [0.15, 0.2) is 5.82 Å². The van der Waals surface area contributed by atoms with Gasteiger partial charge in [0.05, 0.1) is 0 Å². The Balaban J connectivity index is 2.80. The molecule has 0 fully saturated rings. The molecule has 1 aromatic heterocycles. The number of nitrogens with zero attached hydrogens (tertiary/aromatic N) is 1. The third kappa shape index (κ3) is 3.09. The third-order valence-electron chi connectivity index (χ3n) is 1.32. The predicted molar refractivity (Wildman–Crippen MR) is 61.2 cm³/mol. The maximum atomic E-state index is 11.6. The first kappa shape index (κ1) is 11.7. The van der Waals surface area contributed by atoms with Crippen LogP contribution in [0.4, 0.5) is 0 Å². The predicted octanol–water partition coefficient (Wildman–Crippen LogP) is 2.46. The summed E-state index contributed by atoms with van der Waals surface area (Å²) in [5, 5.41) is 2.80. The van der Waals surface area contributed by atoms with Crippen LogP contribution in [-0.4, -0.2) is 21.4 Å². The number of nitrogens with one attached hydrogen (secondary N) is 2. The van der Waals surface area contributed by atoms with Crippen molar-refractivity contribution in [3.8, 4) is 0 Å². The standard InChI is InChI=1S/C8H11Br2N3O/c1-8(2,3)13-7(14)6-11-4(9)5(10)12-6/h1-3H3,(H,11,12)(H,13,14). The van der Waals surface area contributed by atoms with Crippen LogP contribution in [0, 0.1) is 0 Å². The topological polar surface area (TPSA) is 57.8 Å². The Bertz CT molecular complexity index is 334. The van der Waals surface area contributed by atoms with E-state index in [0.717, 1.165) is 0 Å². The van der Waals surface area contributed by atoms with Gasteiger partial charge in [0.25, 0.3) is 5.91 Å². The third-order valence-corrected chi connectivity index (χ3v) is 3.00. The largest absolute Gasteiger partial charge is 0.345 e. The van der Waals surface area contributed by atoms with Crippen molar-refractivity contribution in [1.29, 1.82) is 0 Å². The number of hydrogen-bond donors (Lipinski definition) is 2. The van der Waals surface area contributed by atoms with E-state index in [1.807, 2.05) is 20.8 Å². The summed E-state index contributed by atoms with van der Waals surface area (Å²) in [7, 11) is 0. The van der Waals surface area contributed by atoms with Crippen LogP contribution < -0.4 is 5.32 Å². The molecule has 0 saturated carbocycles. The highest BCUT2D eigenvalue weighted by Gasteiger charge is 2.18. The molecule has 0 aliphatic heterocycles. The maximum Gasteiger partial charge on any atom is 0.287 e. The molecule has 1 heterocycles. The molecule has 0 aliphatic rings. The number of H-pyrrole nitrogens is 1. The van der Waals surface area contributed by atoms with Crippen LogP contribution in [0.3, 0.4) is 0 Å². The molecule has 0 radical (unpaired) electrons. The molecule has 0 bridgehead atoms. The van der Waals surface area contributed by atoms with E-state index in [1.54, 1.807) is 0 Å². The first-order chi connectivity index (χ1) is 6.29. The van der Waals surface area contributed by atoms with E-state index in [9.17, 15) is 4.79 Å². The minimum Gasteiger partial charge on any atom is -0.345 e. The molecule has 4 nitrogen and oxygen atoms in total. The zero-order valence-corrected chi connectivity index (χ0v) is 11.3. The van der Waals surface area contributed by atoms with Crippen LogP contribution in [0.5, 0.6) is 0 Å². The van der Waals surface area contributed by atoms with Gasteiger partial charge in [0.2, 0.25) is 0 Å². The van der Waals surface area contributed by atoms with Crippen molar-refractivity contribution in [2.45, 2.75) is 26.3 Å². The summed E-state index contributed by atoms with van der Waals surface area (Å²) >= 11 is 6.41. The van der Waals surface area contributed by atoms with Gasteiger partial charge in [-0.3, -0.25) is 4.79 Å². The van der Waals surface area contributed by atoms with Crippen molar-refractivity contribution in [3.63, 3.8) is 0 Å². The Morgan fingerprint density at radius 2 is 2.00 bits per heavy atom. The number of rotatable bonds is 1. The van der Waals surface area contributed by atoms with E-state index < -0.39 is 0 Å². The molecule has 0 spiro atoms. The van der Waals surface area contributed by atoms with Gasteiger partial charge in [-0.2, -0.15) is 0 Å². The summed E-state index contributed by atoms with van der Waals surface area (Å²) in [5.41, 5.74) is -0.261. The molecule has 78 valence electrons. The monoisotopic (exact) mass is 323 g/mol. The minimum absolute atomic E-state index is 0.219. The molecule has 1 rings (SSSR count). The fraction of sp³-hybridized carbons (Fsp3) is 0.500. The average Bonchev–Trinajstić information content (AvgIpc) is 2.28. The summed E-state index contributed by atoms with van der Waals surface area (Å²) in [6, 6.07) is 0. The van der Waals surface area contributed by atoms with Gasteiger partial charge >= 0.3 is 0 Å². The van der Waals surface area contributed by atoms with E-state index in [4.69, 9.17) is 0 Å². The molecule has 0 aliphatic carbocycles. The van der Waals surface area contributed by atoms with Crippen molar-refractivity contribution < 1.29 is 4.79 Å². The molecular formula is C8H11Br2N3O. The van der Waals surface area contributed by atoms with Crippen molar-refractivity contribution in [2.75, 3.05) is 0 Å². The molecule has 0 saturated heterocycles. The maximum absolute atomic E-state index is 11.6. The van der Waals surface area contributed by atoms with Crippen LogP contribution in [0.1, 0.15) is 31.4 Å². The van der Waals surface area contributed by atoms with E-state index in [0.29, 0.717) is 15.0 Å². The van der Waals surface area contributed by atoms with Gasteiger partial charge in [-0.1, -0.05) is 0 Å². The summed E-state index contributed by atoms with van der Waals surface area (Å²) in [4.78, 5) is 18.4. The number of halogens is 2. The number of carbonyl (C=O) groups is 1. The molecule has 14 heavy (non-hydrogen) atoms. The minimum atomic E-state index is -0.261. The first-order valence-electron chi connectivity index (χ1n) is 4.03. The Kier molecular flexibility index (Phi) is 3.36. The Labute approximate surface area is 99.1 Å². The second kappa shape index (κ2) is 4.02. The van der Waals surface area contributed by atoms with Crippen LogP contribution in [0.15, 0.2) is 9.21 Å². The fourth-order valence-electron chi connectivity index (χ4n) is 0.838. The van der Waals surface area contributed by atoms with E-state index >= 15 is 0 Å². The van der Waals surface area contributed by atoms with Crippen molar-refractivity contribution in [2.24, 2.45) is 0 Å². The highest BCUT2D eigenvalue weighted by Crippen LogP contribution is 2.19. The van der Waals surface area contributed by atoms with Gasteiger partial charge in [0.1, 0.15) is 9.21 Å². The second-order valence-corrected chi connectivity index (χ2v) is 5.44. The molecular weight excluding hydrogens is 314 g/mol. The van der Waals surface area contributed by atoms with E-state index in [-0.39, 0.29) is 11.4 Å². The lowest BCUT2D eigenvalue weighted by atomic mass is 10.1. The highest BCUT2D eigenvalue weighted by molar-refractivity contribution is 9.13. The molecule has 0 aromatic carbocycles. The number of aromatic nitrogens is 2. The van der Waals surface area contributed by atoms with Crippen LogP contribution >= 0.6 is 31.9 Å². The van der Waals surface area contributed by atoms with Crippen molar-refractivity contribution in [1.82, 2.24) is 15.3 Å². The van der Waals surface area contributed by atoms with Crippen LogP contribution in [0.2, 0.25) is 0 Å². The molecule has 0 unspecified atom stereocenters. The molecule has 0 atom stereocenters. The zero-order chi connectivity index (χ0) is 10.9. The van der Waals surface area contributed by atoms with Crippen LogP contribution in [0.25, 0.3) is 0 Å². The lowest BCUT2D eigenvalue weighted by molar-refractivity contribution is 0.0909. The Hall–Kier alpha value is -0.360. The normalized spacial score (nSPS) is 11.5. The Morgan fingerprint density at radius 3 is 2.36 bits per heavy atom. The summed E-state index contributed by atoms with van der Waals surface area (Å²) in [6.45, 7) is 5.74. The summed E-state index contributed by atoms with van der Waals surface area (Å²) in [6.07, 6.45) is 0. The number of carbonyl (C=O) groups excluding carboxylic acids is 1. The lowest BCUT2D eigenvalue weighted by Gasteiger charge is -2.19. The lowest BCUT2D eigenvalue weighted by Crippen LogP contribution is -2.41. The number of hydrogen-bond acceptors (Lipinski definition) is 2. The molecule has 1 aromatic rings. The average molecular weight is 325 g/mol. The summed E-state index contributed by atoms with van der Waals surface area (Å²) in [5.74, 6) is 0.0718. The fourth-order valence-corrected chi connectivity index (χ4v) is 1.39. The van der Waals surface area contributed by atoms with E-state index in [1.165, 1.54) is 0 Å². The van der Waals surface area contributed by atoms with Crippen LogP contribution in [-0.2, 0) is 0 Å². The number of imidazole rings is 1. The Morgan fingerprint density at radius 1 is 1.43 bits per heavy atom. The second-order valence-electron chi connectivity index (χ2n) is 3.89. The van der Waals surface area contributed by atoms with E-state index in [2.05, 4.69) is 47.1 Å². The first-order valence-corrected chi connectivity index (χ1v) is 5.62. The number of amides is 1. The van der Waals surface area contributed by atoms with Gasteiger partial charge in [-0.25, -0.2) is 4.98 Å². The smallest absolute Gasteiger partial charge is 0.287 e. The van der Waals surface area contributed by atoms with Crippen molar-refractivity contribution >= 4 is 37.8 Å². The quantitative estimate of drug-likeness (QED) is 0.833. The van der Waals surface area contributed by atoms with Gasteiger partial charge < -0.3 is 10.3 Å². The van der Waals surface area contributed by atoms with Gasteiger partial charge in [-0.15, -0.1) is 0 Å². The SMILES string of the molecule is CC(C)(C)NC(=O)c1nc(Br)c(Br)[nH]1. The zero-order valence-electron chi connectivity index (χ0n) is 8.11. The van der Waals surface area contributed by atoms with Crippen molar-refractivity contribution in [3.05, 3.63) is 15.0 Å². The molecule has 1 amide bonds. The summed E-state index contributed by atoms with van der Waals surface area (Å²) < 4.78 is 1.26. The highest BCUT2D eigenvalue weighted by atomic mass is 79.9. The molecule has 2 N–H and O–H groups in total. The van der Waals surface area contributed by atoms with Gasteiger partial charge in [-0.05, 0) is 52.6 Å². The number of aromatic amines is 1. The molecule has 6 heteroatoms.